The lowest BCUT2D eigenvalue weighted by Crippen LogP contribution is -2.27. The minimum atomic E-state index is 0.483. The molecule has 0 aromatic heterocycles. The molecule has 0 N–H and O–H groups in total. The molecule has 28 heavy (non-hydrogen) atoms. The van der Waals surface area contributed by atoms with Gasteiger partial charge in [-0.15, -0.1) is 0 Å². The summed E-state index contributed by atoms with van der Waals surface area (Å²) in [6, 6.07) is 29.9. The third-order valence-electron chi connectivity index (χ3n) is 5.60. The summed E-state index contributed by atoms with van der Waals surface area (Å²) in [5.41, 5.74) is 2.33. The van der Waals surface area contributed by atoms with Crippen LogP contribution in [0.3, 0.4) is 0 Å². The Balaban J connectivity index is 1.74. The smallest absolute Gasteiger partial charge is 0.165 e. The van der Waals surface area contributed by atoms with Crippen LogP contribution in [0.1, 0.15) is 0 Å². The highest BCUT2D eigenvalue weighted by Crippen LogP contribution is 2.48. The Hall–Kier alpha value is -3.04. The van der Waals surface area contributed by atoms with Crippen molar-refractivity contribution in [3.05, 3.63) is 89.4 Å². The molecule has 1 aliphatic rings. The van der Waals surface area contributed by atoms with Crippen molar-refractivity contribution in [1.82, 2.24) is 0 Å². The van der Waals surface area contributed by atoms with Crippen molar-refractivity contribution in [1.29, 1.82) is 0 Å². The maximum atomic E-state index is 6.18. The van der Waals surface area contributed by atoms with E-state index in [-0.39, 0.29) is 0 Å². The lowest BCUT2D eigenvalue weighted by Gasteiger charge is -2.33. The molecule has 0 unspecified atom stereocenters. The number of hydrogen-bond donors (Lipinski definition) is 0. The lowest BCUT2D eigenvalue weighted by molar-refractivity contribution is 0.325. The molecule has 1 aliphatic heterocycles. The maximum Gasteiger partial charge on any atom is 0.165 e. The van der Waals surface area contributed by atoms with Crippen molar-refractivity contribution in [2.45, 2.75) is 0 Å². The number of rotatable bonds is 1. The third kappa shape index (κ3) is 2.14. The second-order valence-electron chi connectivity index (χ2n) is 7.09. The van der Waals surface area contributed by atoms with Crippen LogP contribution in [0, 0.1) is 0 Å². The molecule has 0 fully saturated rings. The second kappa shape index (κ2) is 5.98. The summed E-state index contributed by atoms with van der Waals surface area (Å²) in [7, 11) is 0. The highest BCUT2D eigenvalue weighted by molar-refractivity contribution is 9.10. The molecule has 0 saturated heterocycles. The van der Waals surface area contributed by atoms with Crippen LogP contribution in [0.15, 0.2) is 89.4 Å². The van der Waals surface area contributed by atoms with Crippen LogP contribution in [0.4, 0.5) is 11.4 Å². The SMILES string of the molecule is Brc1c(N2COc3cccc4cccc2c34)c2ccccc2c2ccccc12. The molecule has 0 spiro atoms. The zero-order chi connectivity index (χ0) is 18.7. The van der Waals surface area contributed by atoms with E-state index in [4.69, 9.17) is 4.74 Å². The van der Waals surface area contributed by atoms with E-state index in [9.17, 15) is 0 Å². The van der Waals surface area contributed by atoms with Crippen LogP contribution in [-0.4, -0.2) is 6.73 Å². The van der Waals surface area contributed by atoms with Gasteiger partial charge in [0.1, 0.15) is 5.75 Å². The molecular weight excluding hydrogens is 410 g/mol. The number of anilines is 2. The first-order valence-corrected chi connectivity index (χ1v) is 10.1. The van der Waals surface area contributed by atoms with Crippen molar-refractivity contribution in [2.75, 3.05) is 11.6 Å². The van der Waals surface area contributed by atoms with E-state index in [0.29, 0.717) is 6.73 Å². The van der Waals surface area contributed by atoms with Crippen molar-refractivity contribution < 1.29 is 4.74 Å². The summed E-state index contributed by atoms with van der Waals surface area (Å²) in [6.45, 7) is 0.483. The average molecular weight is 426 g/mol. The predicted molar refractivity (Wildman–Crippen MR) is 121 cm³/mol. The summed E-state index contributed by atoms with van der Waals surface area (Å²) in [5.74, 6) is 0.950. The zero-order valence-electron chi connectivity index (χ0n) is 15.0. The Labute approximate surface area is 171 Å². The number of halogens is 1. The maximum absolute atomic E-state index is 6.18. The van der Waals surface area contributed by atoms with Crippen LogP contribution in [0.5, 0.6) is 5.75 Å². The van der Waals surface area contributed by atoms with Gasteiger partial charge in [-0.3, -0.25) is 0 Å². The first-order chi connectivity index (χ1) is 13.8. The number of nitrogens with zero attached hydrogens (tertiary/aromatic N) is 1. The van der Waals surface area contributed by atoms with E-state index in [0.717, 1.165) is 15.9 Å². The van der Waals surface area contributed by atoms with Gasteiger partial charge in [0.25, 0.3) is 0 Å². The van der Waals surface area contributed by atoms with E-state index in [1.54, 1.807) is 0 Å². The summed E-state index contributed by atoms with van der Waals surface area (Å²) < 4.78 is 7.28. The third-order valence-corrected chi connectivity index (χ3v) is 6.40. The summed E-state index contributed by atoms with van der Waals surface area (Å²) in [6.07, 6.45) is 0. The average Bonchev–Trinajstić information content (AvgIpc) is 2.76. The van der Waals surface area contributed by atoms with Crippen molar-refractivity contribution in [3.8, 4) is 5.75 Å². The van der Waals surface area contributed by atoms with Gasteiger partial charge >= 0.3 is 0 Å². The monoisotopic (exact) mass is 425 g/mol. The zero-order valence-corrected chi connectivity index (χ0v) is 16.6. The second-order valence-corrected chi connectivity index (χ2v) is 7.88. The molecule has 0 bridgehead atoms. The fraction of sp³-hybridized carbons (Fsp3) is 0.0400. The summed E-state index contributed by atoms with van der Waals surface area (Å²) in [5, 5.41) is 7.30. The Morgan fingerprint density at radius 3 is 2.11 bits per heavy atom. The van der Waals surface area contributed by atoms with E-state index < -0.39 is 0 Å². The molecule has 2 nitrogen and oxygen atoms in total. The highest BCUT2D eigenvalue weighted by Gasteiger charge is 2.25. The van der Waals surface area contributed by atoms with Gasteiger partial charge in [-0.05, 0) is 49.6 Å². The van der Waals surface area contributed by atoms with Crippen LogP contribution in [-0.2, 0) is 0 Å². The van der Waals surface area contributed by atoms with Crippen molar-refractivity contribution >= 4 is 59.6 Å². The first-order valence-electron chi connectivity index (χ1n) is 9.34. The fourth-order valence-electron chi connectivity index (χ4n) is 4.36. The van der Waals surface area contributed by atoms with Gasteiger partial charge in [-0.25, -0.2) is 0 Å². The molecule has 1 heterocycles. The first kappa shape index (κ1) is 16.0. The van der Waals surface area contributed by atoms with E-state index in [2.05, 4.69) is 106 Å². The van der Waals surface area contributed by atoms with Crippen LogP contribution in [0.2, 0.25) is 0 Å². The molecule has 0 radical (unpaired) electrons. The number of benzene rings is 5. The normalized spacial score (nSPS) is 13.2. The molecule has 5 aromatic carbocycles. The molecular formula is C25H16BrNO. The van der Waals surface area contributed by atoms with Crippen molar-refractivity contribution in [3.63, 3.8) is 0 Å². The standard InChI is InChI=1S/C25H16BrNO/c26-24-19-11-3-1-9-17(19)18-10-2-4-12-20(18)25(24)27-15-28-22-14-6-8-16-7-5-13-21(27)23(16)22/h1-14H,15H2. The summed E-state index contributed by atoms with van der Waals surface area (Å²) >= 11 is 3.93. The summed E-state index contributed by atoms with van der Waals surface area (Å²) in [4.78, 5) is 2.29. The Bertz CT molecular complexity index is 1390. The van der Waals surface area contributed by atoms with Gasteiger partial charge in [-0.1, -0.05) is 72.8 Å². The molecule has 0 atom stereocenters. The Morgan fingerprint density at radius 1 is 0.679 bits per heavy atom. The highest BCUT2D eigenvalue weighted by atomic mass is 79.9. The number of hydrogen-bond acceptors (Lipinski definition) is 2. The predicted octanol–water partition coefficient (Wildman–Crippen LogP) is 7.40. The van der Waals surface area contributed by atoms with Gasteiger partial charge in [-0.2, -0.15) is 0 Å². The molecule has 5 aromatic rings. The fourth-order valence-corrected chi connectivity index (χ4v) is 5.14. The largest absolute Gasteiger partial charge is 0.472 e. The molecule has 0 saturated carbocycles. The van der Waals surface area contributed by atoms with Crippen molar-refractivity contribution in [2.24, 2.45) is 0 Å². The topological polar surface area (TPSA) is 12.5 Å². The molecule has 6 rings (SSSR count). The molecule has 134 valence electrons. The van der Waals surface area contributed by atoms with Gasteiger partial charge < -0.3 is 9.64 Å². The number of fused-ring (bicyclic) bond motifs is 3. The van der Waals surface area contributed by atoms with Gasteiger partial charge in [0, 0.05) is 15.2 Å². The molecule has 0 amide bonds. The minimum Gasteiger partial charge on any atom is -0.472 e. The van der Waals surface area contributed by atoms with Gasteiger partial charge in [0.2, 0.25) is 0 Å². The van der Waals surface area contributed by atoms with E-state index >= 15 is 0 Å². The van der Waals surface area contributed by atoms with E-state index in [1.165, 1.54) is 38.0 Å². The number of ether oxygens (including phenoxy) is 1. The van der Waals surface area contributed by atoms with Gasteiger partial charge in [0.15, 0.2) is 6.73 Å². The quantitative estimate of drug-likeness (QED) is 0.259. The lowest BCUT2D eigenvalue weighted by atomic mass is 9.98. The van der Waals surface area contributed by atoms with Crippen LogP contribution < -0.4 is 9.64 Å². The minimum absolute atomic E-state index is 0.483. The Kier molecular flexibility index (Phi) is 3.41. The van der Waals surface area contributed by atoms with E-state index in [1.807, 2.05) is 0 Å². The molecule has 0 aliphatic carbocycles. The van der Waals surface area contributed by atoms with Crippen LogP contribution >= 0.6 is 15.9 Å². The molecule has 3 heteroatoms. The van der Waals surface area contributed by atoms with Gasteiger partial charge in [0.05, 0.1) is 11.4 Å². The van der Waals surface area contributed by atoms with Crippen LogP contribution in [0.25, 0.3) is 32.3 Å². The Morgan fingerprint density at radius 2 is 1.32 bits per heavy atom.